The summed E-state index contributed by atoms with van der Waals surface area (Å²) in [6, 6.07) is 4.19. The van der Waals surface area contributed by atoms with E-state index < -0.39 is 5.82 Å². The van der Waals surface area contributed by atoms with Gasteiger partial charge >= 0.3 is 0 Å². The van der Waals surface area contributed by atoms with Crippen LogP contribution in [0.3, 0.4) is 0 Å². The number of benzene rings is 1. The van der Waals surface area contributed by atoms with Crippen LogP contribution in [0.4, 0.5) is 10.1 Å². The lowest BCUT2D eigenvalue weighted by Gasteiger charge is -2.06. The quantitative estimate of drug-likeness (QED) is 0.696. The van der Waals surface area contributed by atoms with Crippen molar-refractivity contribution in [2.75, 3.05) is 5.32 Å². The third-order valence-electron chi connectivity index (χ3n) is 2.36. The molecule has 0 atom stereocenters. The van der Waals surface area contributed by atoms with Gasteiger partial charge in [0.25, 0.3) is 0 Å². The maximum atomic E-state index is 13.0. The van der Waals surface area contributed by atoms with Crippen LogP contribution >= 0.6 is 0 Å². The Morgan fingerprint density at radius 3 is 2.94 bits per heavy atom. The molecule has 1 aromatic carbocycles. The molecule has 0 spiro atoms. The average molecular weight is 221 g/mol. The molecule has 4 nitrogen and oxygen atoms in total. The highest BCUT2D eigenvalue weighted by Gasteiger charge is 2.03. The van der Waals surface area contributed by atoms with Crippen LogP contribution in [0.5, 0.6) is 5.75 Å². The summed E-state index contributed by atoms with van der Waals surface area (Å²) in [6.45, 7) is 2.48. The van der Waals surface area contributed by atoms with Crippen LogP contribution in [-0.2, 0) is 6.54 Å². The number of nitrogens with one attached hydrogen (secondary N) is 2. The van der Waals surface area contributed by atoms with Crippen LogP contribution < -0.4 is 5.32 Å². The number of hydrogen-bond donors (Lipinski definition) is 3. The van der Waals surface area contributed by atoms with Gasteiger partial charge in [0.1, 0.15) is 0 Å². The number of aryl methyl sites for hydroxylation is 1. The molecule has 1 heterocycles. The van der Waals surface area contributed by atoms with Crippen LogP contribution in [0.15, 0.2) is 24.4 Å². The third-order valence-corrected chi connectivity index (χ3v) is 2.36. The summed E-state index contributed by atoms with van der Waals surface area (Å²) < 4.78 is 13.0. The number of rotatable bonds is 3. The molecule has 0 aliphatic heterocycles. The Bertz CT molecular complexity index is 496. The van der Waals surface area contributed by atoms with Crippen molar-refractivity contribution in [3.63, 3.8) is 0 Å². The summed E-state index contributed by atoms with van der Waals surface area (Å²) in [5, 5.41) is 18.8. The van der Waals surface area contributed by atoms with E-state index in [0.717, 1.165) is 11.3 Å². The number of aromatic amines is 1. The molecule has 0 aliphatic carbocycles. The zero-order chi connectivity index (χ0) is 11.5. The molecule has 0 saturated carbocycles. The van der Waals surface area contributed by atoms with Crippen LogP contribution in [0.1, 0.15) is 11.3 Å². The summed E-state index contributed by atoms with van der Waals surface area (Å²) >= 11 is 0. The number of nitrogens with zero attached hydrogens (tertiary/aromatic N) is 1. The SMILES string of the molecule is Cc1[nH]ncc1CNc1ccc(O)c(F)c1. The van der Waals surface area contributed by atoms with E-state index in [1.165, 1.54) is 12.1 Å². The van der Waals surface area contributed by atoms with E-state index in [4.69, 9.17) is 5.11 Å². The number of phenols is 1. The molecular weight excluding hydrogens is 209 g/mol. The van der Waals surface area contributed by atoms with Crippen molar-refractivity contribution >= 4 is 5.69 Å². The second-order valence-electron chi connectivity index (χ2n) is 3.54. The summed E-state index contributed by atoms with van der Waals surface area (Å²) in [5.41, 5.74) is 2.62. The second-order valence-corrected chi connectivity index (χ2v) is 3.54. The molecule has 16 heavy (non-hydrogen) atoms. The third kappa shape index (κ3) is 2.13. The molecule has 0 unspecified atom stereocenters. The standard InChI is InChI=1S/C11H12FN3O/c1-7-8(6-14-15-7)5-13-9-2-3-11(16)10(12)4-9/h2-4,6,13,16H,5H2,1H3,(H,14,15). The van der Waals surface area contributed by atoms with Gasteiger partial charge in [-0.15, -0.1) is 0 Å². The van der Waals surface area contributed by atoms with Crippen molar-refractivity contribution < 1.29 is 9.50 Å². The molecule has 0 aliphatic rings. The smallest absolute Gasteiger partial charge is 0.166 e. The Morgan fingerprint density at radius 1 is 1.50 bits per heavy atom. The van der Waals surface area contributed by atoms with Crippen LogP contribution in [-0.4, -0.2) is 15.3 Å². The molecule has 0 radical (unpaired) electrons. The summed E-state index contributed by atoms with van der Waals surface area (Å²) in [4.78, 5) is 0. The fourth-order valence-electron chi connectivity index (χ4n) is 1.37. The Morgan fingerprint density at radius 2 is 2.31 bits per heavy atom. The first kappa shape index (κ1) is 10.5. The summed E-state index contributed by atoms with van der Waals surface area (Å²) in [5.74, 6) is -0.973. The lowest BCUT2D eigenvalue weighted by atomic mass is 10.2. The fraction of sp³-hybridized carbons (Fsp3) is 0.182. The largest absolute Gasteiger partial charge is 0.505 e. The number of anilines is 1. The molecule has 0 saturated heterocycles. The maximum Gasteiger partial charge on any atom is 0.166 e. The Kier molecular flexibility index (Phi) is 2.76. The molecule has 2 rings (SSSR count). The van der Waals surface area contributed by atoms with Gasteiger partial charge in [-0.2, -0.15) is 5.10 Å². The van der Waals surface area contributed by atoms with E-state index in [1.807, 2.05) is 6.92 Å². The van der Waals surface area contributed by atoms with Crippen molar-refractivity contribution in [3.8, 4) is 5.75 Å². The van der Waals surface area contributed by atoms with Crippen molar-refractivity contribution in [1.82, 2.24) is 10.2 Å². The van der Waals surface area contributed by atoms with Gasteiger partial charge in [-0.1, -0.05) is 0 Å². The van der Waals surface area contributed by atoms with E-state index in [0.29, 0.717) is 12.2 Å². The molecule has 0 fully saturated rings. The lowest BCUT2D eigenvalue weighted by Crippen LogP contribution is -2.00. The lowest BCUT2D eigenvalue weighted by molar-refractivity contribution is 0.432. The molecule has 3 N–H and O–H groups in total. The zero-order valence-corrected chi connectivity index (χ0v) is 8.79. The van der Waals surface area contributed by atoms with Gasteiger partial charge < -0.3 is 10.4 Å². The normalized spacial score (nSPS) is 10.4. The fourth-order valence-corrected chi connectivity index (χ4v) is 1.37. The molecule has 5 heteroatoms. The van der Waals surface area contributed by atoms with Gasteiger partial charge in [-0.3, -0.25) is 5.10 Å². The number of aromatic hydroxyl groups is 1. The van der Waals surface area contributed by atoms with Gasteiger partial charge in [0.05, 0.1) is 6.20 Å². The van der Waals surface area contributed by atoms with Gasteiger partial charge in [-0.25, -0.2) is 4.39 Å². The minimum atomic E-state index is -0.631. The first-order chi connectivity index (χ1) is 7.66. The van der Waals surface area contributed by atoms with E-state index in [1.54, 1.807) is 12.3 Å². The highest BCUT2D eigenvalue weighted by atomic mass is 19.1. The van der Waals surface area contributed by atoms with E-state index in [9.17, 15) is 4.39 Å². The molecule has 0 bridgehead atoms. The van der Waals surface area contributed by atoms with Crippen molar-refractivity contribution in [2.45, 2.75) is 13.5 Å². The monoisotopic (exact) mass is 221 g/mol. The summed E-state index contributed by atoms with van der Waals surface area (Å²) in [6.07, 6.45) is 1.72. The highest BCUT2D eigenvalue weighted by molar-refractivity contribution is 5.47. The van der Waals surface area contributed by atoms with E-state index in [-0.39, 0.29) is 5.75 Å². The second kappa shape index (κ2) is 4.22. The topological polar surface area (TPSA) is 60.9 Å². The van der Waals surface area contributed by atoms with Crippen LogP contribution in [0.25, 0.3) is 0 Å². The van der Waals surface area contributed by atoms with Gasteiger partial charge in [0.15, 0.2) is 11.6 Å². The summed E-state index contributed by atoms with van der Waals surface area (Å²) in [7, 11) is 0. The number of hydrogen-bond acceptors (Lipinski definition) is 3. The number of H-pyrrole nitrogens is 1. The number of aromatic nitrogens is 2. The zero-order valence-electron chi connectivity index (χ0n) is 8.79. The number of phenolic OH excluding ortho intramolecular Hbond substituents is 1. The highest BCUT2D eigenvalue weighted by Crippen LogP contribution is 2.19. The van der Waals surface area contributed by atoms with Crippen LogP contribution in [0.2, 0.25) is 0 Å². The van der Waals surface area contributed by atoms with Gasteiger partial charge in [0, 0.05) is 29.6 Å². The predicted molar refractivity (Wildman–Crippen MR) is 58.7 cm³/mol. The minimum Gasteiger partial charge on any atom is -0.505 e. The first-order valence-corrected chi connectivity index (χ1v) is 4.88. The number of halogens is 1. The van der Waals surface area contributed by atoms with Gasteiger partial charge in [-0.05, 0) is 19.1 Å². The van der Waals surface area contributed by atoms with Gasteiger partial charge in [0.2, 0.25) is 0 Å². The Labute approximate surface area is 92.1 Å². The molecule has 0 amide bonds. The Balaban J connectivity index is 2.05. The average Bonchev–Trinajstić information content (AvgIpc) is 2.66. The molecule has 2 aromatic rings. The molecule has 1 aromatic heterocycles. The minimum absolute atomic E-state index is 0.343. The van der Waals surface area contributed by atoms with Crippen molar-refractivity contribution in [1.29, 1.82) is 0 Å². The van der Waals surface area contributed by atoms with E-state index >= 15 is 0 Å². The Hall–Kier alpha value is -2.04. The van der Waals surface area contributed by atoms with Crippen molar-refractivity contribution in [3.05, 3.63) is 41.5 Å². The molecule has 84 valence electrons. The maximum absolute atomic E-state index is 13.0. The predicted octanol–water partition coefficient (Wildman–Crippen LogP) is 2.17. The first-order valence-electron chi connectivity index (χ1n) is 4.88. The van der Waals surface area contributed by atoms with Crippen molar-refractivity contribution in [2.24, 2.45) is 0 Å². The van der Waals surface area contributed by atoms with E-state index in [2.05, 4.69) is 15.5 Å². The molecular formula is C11H12FN3O. The van der Waals surface area contributed by atoms with Crippen LogP contribution in [0, 0.1) is 12.7 Å².